The van der Waals surface area contributed by atoms with Gasteiger partial charge in [-0.25, -0.2) is 8.42 Å². The number of ether oxygens (including phenoxy) is 1. The van der Waals surface area contributed by atoms with E-state index >= 15 is 0 Å². The number of nitriles is 1. The Bertz CT molecular complexity index is 576. The van der Waals surface area contributed by atoms with E-state index in [0.29, 0.717) is 0 Å². The van der Waals surface area contributed by atoms with Crippen LogP contribution in [0.5, 0.6) is 5.75 Å². The van der Waals surface area contributed by atoms with Gasteiger partial charge in [-0.1, -0.05) is 0 Å². The number of rotatable bonds is 4. The molecule has 0 radical (unpaired) electrons. The number of alkyl halides is 3. The Kier molecular flexibility index (Phi) is 4.39. The first-order valence-corrected chi connectivity index (χ1v) is 6.30. The van der Waals surface area contributed by atoms with Crippen molar-refractivity contribution in [2.24, 2.45) is 0 Å². The van der Waals surface area contributed by atoms with Gasteiger partial charge >= 0.3 is 6.36 Å². The number of hydrogen-bond donors (Lipinski definition) is 0. The van der Waals surface area contributed by atoms with Crippen LogP contribution < -0.4 is 4.74 Å². The zero-order valence-corrected chi connectivity index (χ0v) is 10.5. The average Bonchev–Trinajstić information content (AvgIpc) is 2.27. The summed E-state index contributed by atoms with van der Waals surface area (Å²) in [7, 11) is -2.69. The van der Waals surface area contributed by atoms with Crippen molar-refractivity contribution in [1.82, 2.24) is 4.31 Å². The fourth-order valence-electron chi connectivity index (χ4n) is 1.18. The van der Waals surface area contributed by atoms with E-state index in [1.54, 1.807) is 6.07 Å². The summed E-state index contributed by atoms with van der Waals surface area (Å²) in [6.07, 6.45) is -4.84. The van der Waals surface area contributed by atoms with Crippen molar-refractivity contribution >= 4 is 10.0 Å². The normalized spacial score (nSPS) is 12.2. The summed E-state index contributed by atoms with van der Waals surface area (Å²) in [6.45, 7) is -0.358. The summed E-state index contributed by atoms with van der Waals surface area (Å²) in [5, 5.41) is 8.42. The fraction of sp³-hybridized carbons (Fsp3) is 0.300. The first-order valence-electron chi connectivity index (χ1n) is 4.86. The molecule has 0 N–H and O–H groups in total. The van der Waals surface area contributed by atoms with E-state index in [-0.39, 0.29) is 11.4 Å². The van der Waals surface area contributed by atoms with Crippen molar-refractivity contribution in [3.8, 4) is 11.8 Å². The van der Waals surface area contributed by atoms with Crippen LogP contribution in [0.4, 0.5) is 13.2 Å². The molecule has 0 aromatic heterocycles. The molecule has 104 valence electrons. The van der Waals surface area contributed by atoms with Crippen LogP contribution in [0.15, 0.2) is 29.2 Å². The minimum atomic E-state index is -4.84. The number of benzene rings is 1. The van der Waals surface area contributed by atoms with Crippen LogP contribution in [0.2, 0.25) is 0 Å². The van der Waals surface area contributed by atoms with Gasteiger partial charge in [-0.05, 0) is 24.3 Å². The third-order valence-electron chi connectivity index (χ3n) is 2.06. The topological polar surface area (TPSA) is 70.4 Å². The molecular formula is C10H9F3N2O3S. The lowest BCUT2D eigenvalue weighted by molar-refractivity contribution is -0.274. The molecule has 0 heterocycles. The predicted octanol–water partition coefficient (Wildman–Crippen LogP) is 1.73. The van der Waals surface area contributed by atoms with Gasteiger partial charge in [-0.15, -0.1) is 13.2 Å². The van der Waals surface area contributed by atoms with E-state index in [9.17, 15) is 21.6 Å². The quantitative estimate of drug-likeness (QED) is 0.793. The molecule has 1 aromatic carbocycles. The van der Waals surface area contributed by atoms with Crippen LogP contribution in [0.3, 0.4) is 0 Å². The highest BCUT2D eigenvalue weighted by Gasteiger charge is 2.31. The number of nitrogens with zero attached hydrogens (tertiary/aromatic N) is 2. The Balaban J connectivity index is 2.97. The molecule has 0 saturated heterocycles. The molecule has 19 heavy (non-hydrogen) atoms. The molecule has 0 aliphatic carbocycles. The molecule has 0 bridgehead atoms. The van der Waals surface area contributed by atoms with Gasteiger partial charge in [0.25, 0.3) is 0 Å². The average molecular weight is 294 g/mol. The van der Waals surface area contributed by atoms with E-state index < -0.39 is 22.1 Å². The van der Waals surface area contributed by atoms with Crippen LogP contribution in [-0.4, -0.2) is 32.7 Å². The monoisotopic (exact) mass is 294 g/mol. The lowest BCUT2D eigenvalue weighted by Crippen LogP contribution is -2.27. The predicted molar refractivity (Wildman–Crippen MR) is 58.6 cm³/mol. The maximum Gasteiger partial charge on any atom is 0.573 e. The van der Waals surface area contributed by atoms with Gasteiger partial charge in [0.05, 0.1) is 11.0 Å². The van der Waals surface area contributed by atoms with Gasteiger partial charge in [-0.3, -0.25) is 0 Å². The minimum Gasteiger partial charge on any atom is -0.406 e. The fourth-order valence-corrected chi connectivity index (χ4v) is 2.25. The molecule has 1 rings (SSSR count). The van der Waals surface area contributed by atoms with Crippen molar-refractivity contribution in [3.05, 3.63) is 24.3 Å². The standard InChI is InChI=1S/C10H9F3N2O3S/c1-15(7-6-14)19(16,17)9-4-2-8(3-5-9)18-10(11,12)13/h2-5H,7H2,1H3. The number of sulfonamides is 1. The maximum atomic E-state index is 11.9. The van der Waals surface area contributed by atoms with Crippen molar-refractivity contribution in [3.63, 3.8) is 0 Å². The van der Waals surface area contributed by atoms with Gasteiger partial charge in [0.15, 0.2) is 0 Å². The number of hydrogen-bond acceptors (Lipinski definition) is 4. The number of halogens is 3. The Morgan fingerprint density at radius 2 is 1.84 bits per heavy atom. The zero-order valence-electron chi connectivity index (χ0n) is 9.68. The molecule has 5 nitrogen and oxygen atoms in total. The largest absolute Gasteiger partial charge is 0.573 e. The summed E-state index contributed by atoms with van der Waals surface area (Å²) in [5.74, 6) is -0.519. The van der Waals surface area contributed by atoms with Gasteiger partial charge in [0.1, 0.15) is 12.3 Å². The first-order chi connectivity index (χ1) is 8.66. The third kappa shape index (κ3) is 4.11. The smallest absolute Gasteiger partial charge is 0.406 e. The Hall–Kier alpha value is -1.79. The second-order valence-electron chi connectivity index (χ2n) is 3.44. The van der Waals surface area contributed by atoms with Crippen molar-refractivity contribution in [2.75, 3.05) is 13.6 Å². The summed E-state index contributed by atoms with van der Waals surface area (Å²) in [5.41, 5.74) is 0. The van der Waals surface area contributed by atoms with Crippen molar-refractivity contribution in [1.29, 1.82) is 5.26 Å². The van der Waals surface area contributed by atoms with E-state index in [0.717, 1.165) is 28.6 Å². The molecule has 0 aliphatic rings. The molecule has 0 saturated carbocycles. The van der Waals surface area contributed by atoms with Gasteiger partial charge in [0.2, 0.25) is 10.0 Å². The van der Waals surface area contributed by atoms with Crippen LogP contribution in [0.1, 0.15) is 0 Å². The summed E-state index contributed by atoms with van der Waals surface area (Å²) in [4.78, 5) is -0.222. The van der Waals surface area contributed by atoms with Crippen molar-refractivity contribution < 1.29 is 26.3 Å². The molecular weight excluding hydrogens is 285 g/mol. The van der Waals surface area contributed by atoms with Gasteiger partial charge < -0.3 is 4.74 Å². The van der Waals surface area contributed by atoms with Crippen LogP contribution in [0, 0.1) is 11.3 Å². The van der Waals surface area contributed by atoms with E-state index in [1.165, 1.54) is 7.05 Å². The Labute approximate surface area is 107 Å². The molecule has 1 aromatic rings. The molecule has 9 heteroatoms. The van der Waals surface area contributed by atoms with Crippen LogP contribution >= 0.6 is 0 Å². The lowest BCUT2D eigenvalue weighted by Gasteiger charge is -2.14. The van der Waals surface area contributed by atoms with Crippen LogP contribution in [0.25, 0.3) is 0 Å². The van der Waals surface area contributed by atoms with Crippen LogP contribution in [-0.2, 0) is 10.0 Å². The second kappa shape index (κ2) is 5.46. The van der Waals surface area contributed by atoms with E-state index in [4.69, 9.17) is 5.26 Å². The highest BCUT2D eigenvalue weighted by Crippen LogP contribution is 2.24. The summed E-state index contributed by atoms with van der Waals surface area (Å²) in [6, 6.07) is 5.39. The Morgan fingerprint density at radius 3 is 2.26 bits per heavy atom. The molecule has 0 atom stereocenters. The van der Waals surface area contributed by atoms with Crippen molar-refractivity contribution in [2.45, 2.75) is 11.3 Å². The molecule has 0 unspecified atom stereocenters. The molecule has 0 spiro atoms. The lowest BCUT2D eigenvalue weighted by atomic mass is 10.3. The minimum absolute atomic E-state index is 0.222. The molecule has 0 fully saturated rings. The first kappa shape index (κ1) is 15.3. The SMILES string of the molecule is CN(CC#N)S(=O)(=O)c1ccc(OC(F)(F)F)cc1. The second-order valence-corrected chi connectivity index (χ2v) is 5.48. The van der Waals surface area contributed by atoms with E-state index in [1.807, 2.05) is 0 Å². The Morgan fingerprint density at radius 1 is 1.32 bits per heavy atom. The van der Waals surface area contributed by atoms with E-state index in [2.05, 4.69) is 4.74 Å². The summed E-state index contributed by atoms with van der Waals surface area (Å²) < 4.78 is 63.8. The highest BCUT2D eigenvalue weighted by molar-refractivity contribution is 7.89. The summed E-state index contributed by atoms with van der Waals surface area (Å²) >= 11 is 0. The highest BCUT2D eigenvalue weighted by atomic mass is 32.2. The zero-order chi connectivity index (χ0) is 14.7. The maximum absolute atomic E-state index is 11.9. The molecule has 0 amide bonds. The molecule has 0 aliphatic heterocycles. The van der Waals surface area contributed by atoms with Gasteiger partial charge in [0, 0.05) is 7.05 Å². The van der Waals surface area contributed by atoms with Gasteiger partial charge in [-0.2, -0.15) is 9.57 Å². The third-order valence-corrected chi connectivity index (χ3v) is 3.88.